The summed E-state index contributed by atoms with van der Waals surface area (Å²) in [5, 5.41) is 3.37. The number of guanidine groups is 1. The third kappa shape index (κ3) is 3.35. The summed E-state index contributed by atoms with van der Waals surface area (Å²) in [7, 11) is 1.78. The van der Waals surface area contributed by atoms with Gasteiger partial charge in [-0.3, -0.25) is 4.99 Å². The Morgan fingerprint density at radius 3 is 2.47 bits per heavy atom. The molecule has 0 aromatic carbocycles. The van der Waals surface area contributed by atoms with Gasteiger partial charge in [0.05, 0.1) is 6.10 Å². The maximum Gasteiger partial charge on any atom is 0.188 e. The number of ether oxygens (including phenoxy) is 1. The highest BCUT2D eigenvalue weighted by Gasteiger charge is 2.54. The smallest absolute Gasteiger partial charge is 0.188 e. The standard InChI is InChI=1S/C14H27N3O.HI/c1-9-11(14(2,3)12(9)18-4)17-13(15)16-8-10-6-5-7-10;/h9-12H,5-8H2,1-4H3,(H3,15,16,17);1H. The monoisotopic (exact) mass is 381 g/mol. The van der Waals surface area contributed by atoms with Crippen LogP contribution in [-0.4, -0.2) is 31.8 Å². The molecule has 3 unspecified atom stereocenters. The lowest BCUT2D eigenvalue weighted by molar-refractivity contribution is -0.139. The molecule has 2 aliphatic rings. The van der Waals surface area contributed by atoms with Crippen molar-refractivity contribution < 1.29 is 4.74 Å². The summed E-state index contributed by atoms with van der Waals surface area (Å²) in [6.07, 6.45) is 4.28. The van der Waals surface area contributed by atoms with E-state index in [0.29, 0.717) is 24.0 Å². The predicted octanol–water partition coefficient (Wildman–Crippen LogP) is 2.37. The highest BCUT2D eigenvalue weighted by Crippen LogP contribution is 2.46. The first kappa shape index (κ1) is 17.0. The van der Waals surface area contributed by atoms with E-state index < -0.39 is 0 Å². The summed E-state index contributed by atoms with van der Waals surface area (Å²) in [4.78, 5) is 4.46. The third-order valence-corrected chi connectivity index (χ3v) is 4.84. The first-order valence-corrected chi connectivity index (χ1v) is 7.06. The van der Waals surface area contributed by atoms with E-state index in [1.807, 2.05) is 0 Å². The second-order valence-electron chi connectivity index (χ2n) is 6.48. The van der Waals surface area contributed by atoms with Gasteiger partial charge in [-0.2, -0.15) is 0 Å². The molecule has 0 aliphatic heterocycles. The Morgan fingerprint density at radius 2 is 2.05 bits per heavy atom. The molecule has 2 rings (SSSR count). The molecular formula is C14H28IN3O. The van der Waals surface area contributed by atoms with E-state index in [2.05, 4.69) is 31.1 Å². The molecule has 0 aromatic heterocycles. The van der Waals surface area contributed by atoms with Crippen LogP contribution in [0.1, 0.15) is 40.0 Å². The molecule has 2 aliphatic carbocycles. The van der Waals surface area contributed by atoms with Crippen LogP contribution in [0.4, 0.5) is 0 Å². The van der Waals surface area contributed by atoms with Crippen LogP contribution in [0, 0.1) is 17.3 Å². The highest BCUT2D eigenvalue weighted by molar-refractivity contribution is 14.0. The molecule has 0 bridgehead atoms. The summed E-state index contributed by atoms with van der Waals surface area (Å²) in [6.45, 7) is 7.53. The minimum absolute atomic E-state index is 0. The Labute approximate surface area is 134 Å². The van der Waals surface area contributed by atoms with Crippen molar-refractivity contribution in [3.63, 3.8) is 0 Å². The molecular weight excluding hydrogens is 353 g/mol. The van der Waals surface area contributed by atoms with E-state index in [4.69, 9.17) is 10.5 Å². The normalized spacial score (nSPS) is 33.9. The summed E-state index contributed by atoms with van der Waals surface area (Å²) >= 11 is 0. The highest BCUT2D eigenvalue weighted by atomic mass is 127. The average Bonchev–Trinajstić information content (AvgIpc) is 2.24. The molecule has 0 saturated heterocycles. The first-order chi connectivity index (χ1) is 8.46. The largest absolute Gasteiger partial charge is 0.380 e. The second kappa shape index (κ2) is 6.61. The van der Waals surface area contributed by atoms with Crippen molar-refractivity contribution in [3.05, 3.63) is 0 Å². The summed E-state index contributed by atoms with van der Waals surface area (Å²) in [5.74, 6) is 1.84. The Balaban J connectivity index is 0.00000180. The van der Waals surface area contributed by atoms with E-state index in [1.54, 1.807) is 7.11 Å². The Hall–Kier alpha value is -0.0400. The lowest BCUT2D eigenvalue weighted by atomic mass is 9.58. The van der Waals surface area contributed by atoms with Gasteiger partial charge in [-0.05, 0) is 18.8 Å². The van der Waals surface area contributed by atoms with Crippen LogP contribution in [0.2, 0.25) is 0 Å². The van der Waals surface area contributed by atoms with Crippen LogP contribution in [0.25, 0.3) is 0 Å². The van der Waals surface area contributed by atoms with Gasteiger partial charge in [-0.1, -0.05) is 27.2 Å². The number of rotatable bonds is 4. The molecule has 5 heteroatoms. The van der Waals surface area contributed by atoms with Crippen molar-refractivity contribution in [2.24, 2.45) is 28.0 Å². The zero-order valence-electron chi connectivity index (χ0n) is 12.5. The van der Waals surface area contributed by atoms with E-state index in [1.165, 1.54) is 19.3 Å². The van der Waals surface area contributed by atoms with Gasteiger partial charge in [0.1, 0.15) is 0 Å². The van der Waals surface area contributed by atoms with Crippen molar-refractivity contribution in [2.45, 2.75) is 52.2 Å². The maximum absolute atomic E-state index is 5.98. The molecule has 3 atom stereocenters. The molecule has 4 nitrogen and oxygen atoms in total. The molecule has 2 fully saturated rings. The average molecular weight is 381 g/mol. The Kier molecular flexibility index (Phi) is 5.92. The van der Waals surface area contributed by atoms with E-state index in [-0.39, 0.29) is 29.4 Å². The molecule has 112 valence electrons. The van der Waals surface area contributed by atoms with Crippen LogP contribution >= 0.6 is 24.0 Å². The Morgan fingerprint density at radius 1 is 1.42 bits per heavy atom. The fourth-order valence-corrected chi connectivity index (χ4v) is 3.53. The zero-order chi connectivity index (χ0) is 13.3. The molecule has 0 radical (unpaired) electrons. The summed E-state index contributed by atoms with van der Waals surface area (Å²) in [5.41, 5.74) is 6.10. The lowest BCUT2D eigenvalue weighted by Gasteiger charge is -2.56. The van der Waals surface area contributed by atoms with Crippen molar-refractivity contribution in [3.8, 4) is 0 Å². The number of nitrogens with two attached hydrogens (primary N) is 1. The van der Waals surface area contributed by atoms with Gasteiger partial charge in [-0.15, -0.1) is 24.0 Å². The van der Waals surface area contributed by atoms with Crippen LogP contribution in [0.15, 0.2) is 4.99 Å². The fraction of sp³-hybridized carbons (Fsp3) is 0.929. The van der Waals surface area contributed by atoms with Crippen LogP contribution in [0.3, 0.4) is 0 Å². The third-order valence-electron chi connectivity index (χ3n) is 4.84. The molecule has 0 aromatic rings. The minimum Gasteiger partial charge on any atom is -0.380 e. The summed E-state index contributed by atoms with van der Waals surface area (Å²) < 4.78 is 5.53. The number of hydrogen-bond acceptors (Lipinski definition) is 2. The Bertz CT molecular complexity index is 329. The van der Waals surface area contributed by atoms with E-state index >= 15 is 0 Å². The summed E-state index contributed by atoms with van der Waals surface area (Å²) in [6, 6.07) is 0.354. The number of methoxy groups -OCH3 is 1. The lowest BCUT2D eigenvalue weighted by Crippen LogP contribution is -2.68. The zero-order valence-corrected chi connectivity index (χ0v) is 14.8. The predicted molar refractivity (Wildman–Crippen MR) is 89.9 cm³/mol. The number of hydrogen-bond donors (Lipinski definition) is 2. The van der Waals surface area contributed by atoms with Crippen molar-refractivity contribution in [1.82, 2.24) is 5.32 Å². The SMILES string of the molecule is COC1C(C)C(NC(N)=NCC2CCC2)C1(C)C.I. The molecule has 2 saturated carbocycles. The van der Waals surface area contributed by atoms with Crippen LogP contribution < -0.4 is 11.1 Å². The molecule has 3 N–H and O–H groups in total. The second-order valence-corrected chi connectivity index (χ2v) is 6.48. The molecule has 19 heavy (non-hydrogen) atoms. The number of halogens is 1. The van der Waals surface area contributed by atoms with Gasteiger partial charge in [0.25, 0.3) is 0 Å². The van der Waals surface area contributed by atoms with Gasteiger partial charge in [0.2, 0.25) is 0 Å². The van der Waals surface area contributed by atoms with E-state index in [0.717, 1.165) is 12.5 Å². The van der Waals surface area contributed by atoms with Gasteiger partial charge in [-0.25, -0.2) is 0 Å². The van der Waals surface area contributed by atoms with Crippen LogP contribution in [-0.2, 0) is 4.74 Å². The molecule has 0 spiro atoms. The van der Waals surface area contributed by atoms with Gasteiger partial charge < -0.3 is 15.8 Å². The van der Waals surface area contributed by atoms with E-state index in [9.17, 15) is 0 Å². The minimum atomic E-state index is 0. The van der Waals surface area contributed by atoms with Gasteiger partial charge in [0, 0.05) is 31.0 Å². The van der Waals surface area contributed by atoms with Crippen LogP contribution in [0.5, 0.6) is 0 Å². The van der Waals surface area contributed by atoms with Crippen molar-refractivity contribution >= 4 is 29.9 Å². The van der Waals surface area contributed by atoms with Crippen molar-refractivity contribution in [1.29, 1.82) is 0 Å². The van der Waals surface area contributed by atoms with Gasteiger partial charge in [0.15, 0.2) is 5.96 Å². The topological polar surface area (TPSA) is 59.6 Å². The quantitative estimate of drug-likeness (QED) is 0.447. The first-order valence-electron chi connectivity index (χ1n) is 7.06. The van der Waals surface area contributed by atoms with Crippen molar-refractivity contribution in [2.75, 3.05) is 13.7 Å². The maximum atomic E-state index is 5.98. The fourth-order valence-electron chi connectivity index (χ4n) is 3.53. The number of nitrogens with zero attached hydrogens (tertiary/aromatic N) is 1. The van der Waals surface area contributed by atoms with Gasteiger partial charge >= 0.3 is 0 Å². The number of nitrogens with one attached hydrogen (secondary N) is 1. The number of aliphatic imine (C=N–C) groups is 1. The molecule has 0 amide bonds. The molecule has 0 heterocycles.